The van der Waals surface area contributed by atoms with Gasteiger partial charge < -0.3 is 27.2 Å². The normalized spacial score (nSPS) is 11.3. The van der Waals surface area contributed by atoms with Crippen molar-refractivity contribution in [3.8, 4) is 11.3 Å². The quantitative estimate of drug-likeness (QED) is 0.287. The molecule has 0 unspecified atom stereocenters. The first-order valence-electron chi connectivity index (χ1n) is 10.6. The van der Waals surface area contributed by atoms with Gasteiger partial charge in [0.1, 0.15) is 6.04 Å². The molecule has 0 aliphatic heterocycles. The summed E-state index contributed by atoms with van der Waals surface area (Å²) in [6, 6.07) is 14.7. The second kappa shape index (κ2) is 11.4. The van der Waals surface area contributed by atoms with Crippen molar-refractivity contribution in [3.05, 3.63) is 77.6 Å². The molecule has 0 saturated heterocycles. The number of nitrogens with zero attached hydrogens (tertiary/aromatic N) is 2. The number of carboxylic acid groups (broad SMARTS) is 1. The summed E-state index contributed by atoms with van der Waals surface area (Å²) in [5, 5.41) is 14.4. The maximum atomic E-state index is 12.7. The number of rotatable bonds is 10. The molecule has 0 aliphatic carbocycles. The zero-order valence-corrected chi connectivity index (χ0v) is 18.6. The number of benzene rings is 2. The highest BCUT2D eigenvalue weighted by molar-refractivity contribution is 5.99. The average molecular weight is 476 g/mol. The van der Waals surface area contributed by atoms with Crippen LogP contribution >= 0.6 is 0 Å². The van der Waals surface area contributed by atoms with Crippen molar-refractivity contribution in [2.45, 2.75) is 25.4 Å². The van der Waals surface area contributed by atoms with E-state index in [1.807, 2.05) is 30.3 Å². The number of anilines is 1. The van der Waals surface area contributed by atoms with Crippen LogP contribution in [0.5, 0.6) is 0 Å². The predicted octanol–water partition coefficient (Wildman–Crippen LogP) is 1.10. The lowest BCUT2D eigenvalue weighted by atomic mass is 10.1. The van der Waals surface area contributed by atoms with E-state index in [1.165, 1.54) is 6.20 Å². The van der Waals surface area contributed by atoms with Gasteiger partial charge in [-0.1, -0.05) is 42.5 Å². The smallest absolute Gasteiger partial charge is 0.326 e. The number of aliphatic carboxylic acids is 1. The number of hydrogen-bond acceptors (Lipinski definition) is 7. The van der Waals surface area contributed by atoms with Gasteiger partial charge in [-0.05, 0) is 24.1 Å². The van der Waals surface area contributed by atoms with Crippen molar-refractivity contribution < 1.29 is 24.3 Å². The number of amides is 3. The number of carboxylic acids is 1. The lowest BCUT2D eigenvalue weighted by Gasteiger charge is -2.14. The molecule has 1 atom stereocenters. The van der Waals surface area contributed by atoms with E-state index in [1.54, 1.807) is 24.3 Å². The minimum absolute atomic E-state index is 0.191. The van der Waals surface area contributed by atoms with Gasteiger partial charge >= 0.3 is 5.97 Å². The van der Waals surface area contributed by atoms with Gasteiger partial charge in [0.2, 0.25) is 5.91 Å². The van der Waals surface area contributed by atoms with E-state index >= 15 is 0 Å². The molecule has 11 nitrogen and oxygen atoms in total. The van der Waals surface area contributed by atoms with Crippen LogP contribution in [0.1, 0.15) is 39.3 Å². The summed E-state index contributed by atoms with van der Waals surface area (Å²) < 4.78 is 0. The van der Waals surface area contributed by atoms with Crippen molar-refractivity contribution in [3.63, 3.8) is 0 Å². The van der Waals surface area contributed by atoms with Gasteiger partial charge in [0.15, 0.2) is 11.5 Å². The van der Waals surface area contributed by atoms with Crippen LogP contribution < -0.4 is 22.1 Å². The highest BCUT2D eigenvalue weighted by Gasteiger charge is 2.24. The topological polar surface area (TPSA) is 190 Å². The lowest BCUT2D eigenvalue weighted by Crippen LogP contribution is -2.42. The Morgan fingerprint density at radius 3 is 2.43 bits per heavy atom. The van der Waals surface area contributed by atoms with Gasteiger partial charge in [0.05, 0.1) is 11.9 Å². The first-order chi connectivity index (χ1) is 16.7. The summed E-state index contributed by atoms with van der Waals surface area (Å²) in [7, 11) is 0. The van der Waals surface area contributed by atoms with Crippen LogP contribution in [0, 0.1) is 0 Å². The molecule has 35 heavy (non-hydrogen) atoms. The van der Waals surface area contributed by atoms with E-state index in [0.717, 1.165) is 5.56 Å². The van der Waals surface area contributed by atoms with Crippen LogP contribution in [0.3, 0.4) is 0 Å². The molecule has 3 amide bonds. The van der Waals surface area contributed by atoms with Crippen LogP contribution in [0.25, 0.3) is 11.3 Å². The van der Waals surface area contributed by atoms with E-state index in [2.05, 4.69) is 20.6 Å². The number of nitrogens with one attached hydrogen (secondary N) is 2. The zero-order chi connectivity index (χ0) is 25.4. The number of carbonyl (C=O) groups is 4. The van der Waals surface area contributed by atoms with Gasteiger partial charge in [-0.25, -0.2) is 14.8 Å². The monoisotopic (exact) mass is 476 g/mol. The number of primary amides is 1. The third kappa shape index (κ3) is 6.84. The molecule has 2 aromatic carbocycles. The van der Waals surface area contributed by atoms with Crippen LogP contribution in [0.2, 0.25) is 0 Å². The Morgan fingerprint density at radius 1 is 1.00 bits per heavy atom. The highest BCUT2D eigenvalue weighted by atomic mass is 16.4. The Bertz CT molecular complexity index is 1250. The van der Waals surface area contributed by atoms with Gasteiger partial charge in [-0.2, -0.15) is 0 Å². The molecule has 180 valence electrons. The maximum Gasteiger partial charge on any atom is 0.326 e. The van der Waals surface area contributed by atoms with Crippen molar-refractivity contribution in [2.75, 3.05) is 5.73 Å². The Hall–Kier alpha value is -4.80. The molecule has 3 rings (SSSR count). The molecular weight excluding hydrogens is 452 g/mol. The van der Waals surface area contributed by atoms with E-state index in [0.29, 0.717) is 17.7 Å². The fourth-order valence-corrected chi connectivity index (χ4v) is 3.18. The summed E-state index contributed by atoms with van der Waals surface area (Å²) in [5.74, 6) is -3.40. The second-order valence-corrected chi connectivity index (χ2v) is 7.61. The molecule has 3 aromatic rings. The second-order valence-electron chi connectivity index (χ2n) is 7.61. The maximum absolute atomic E-state index is 12.7. The lowest BCUT2D eigenvalue weighted by molar-refractivity contribution is -0.139. The summed E-state index contributed by atoms with van der Waals surface area (Å²) in [4.78, 5) is 55.9. The molecule has 0 spiro atoms. The minimum Gasteiger partial charge on any atom is -0.480 e. The van der Waals surface area contributed by atoms with Crippen molar-refractivity contribution in [1.82, 2.24) is 20.6 Å². The van der Waals surface area contributed by atoms with Gasteiger partial charge in [0.25, 0.3) is 11.8 Å². The van der Waals surface area contributed by atoms with Crippen LogP contribution in [0.4, 0.5) is 5.82 Å². The standard InChI is InChI=1S/C24H24N6O5/c25-19(31)10-9-17(24(34)35)30-23(33)20-21(26)27-13-18(29-20)15-7-4-8-16(11-15)22(32)28-12-14-5-2-1-3-6-14/h1-8,11,13,17H,9-10,12H2,(H2,25,31)(H2,26,27)(H,28,32)(H,30,33)(H,34,35)/t17-/m0/s1. The summed E-state index contributed by atoms with van der Waals surface area (Å²) >= 11 is 0. The zero-order valence-electron chi connectivity index (χ0n) is 18.6. The Balaban J connectivity index is 1.77. The highest BCUT2D eigenvalue weighted by Crippen LogP contribution is 2.20. The average Bonchev–Trinajstić information content (AvgIpc) is 2.85. The fraction of sp³-hybridized carbons (Fsp3) is 0.167. The third-order valence-corrected chi connectivity index (χ3v) is 5.02. The molecule has 0 aliphatic rings. The van der Waals surface area contributed by atoms with Crippen molar-refractivity contribution in [1.29, 1.82) is 0 Å². The van der Waals surface area contributed by atoms with E-state index < -0.39 is 23.8 Å². The number of aromatic nitrogens is 2. The number of nitrogen functional groups attached to an aromatic ring is 1. The third-order valence-electron chi connectivity index (χ3n) is 5.02. The van der Waals surface area contributed by atoms with Crippen LogP contribution in [0.15, 0.2) is 60.8 Å². The first-order valence-corrected chi connectivity index (χ1v) is 10.6. The fourth-order valence-electron chi connectivity index (χ4n) is 3.18. The molecule has 0 fully saturated rings. The Kier molecular flexibility index (Phi) is 8.06. The Morgan fingerprint density at radius 2 is 1.74 bits per heavy atom. The van der Waals surface area contributed by atoms with Gasteiger partial charge in [-0.15, -0.1) is 0 Å². The van der Waals surface area contributed by atoms with Crippen LogP contribution in [-0.2, 0) is 16.1 Å². The molecule has 11 heteroatoms. The summed E-state index contributed by atoms with van der Waals surface area (Å²) in [6.45, 7) is 0.358. The number of carbonyl (C=O) groups excluding carboxylic acids is 3. The van der Waals surface area contributed by atoms with Gasteiger partial charge in [0, 0.05) is 24.1 Å². The van der Waals surface area contributed by atoms with E-state index in [4.69, 9.17) is 11.5 Å². The van der Waals surface area contributed by atoms with Crippen molar-refractivity contribution in [2.24, 2.45) is 5.73 Å². The number of nitrogens with two attached hydrogens (primary N) is 2. The molecule has 7 N–H and O–H groups in total. The SMILES string of the molecule is NC(=O)CC[C@H](NC(=O)c1nc(-c2cccc(C(=O)NCc3ccccc3)c2)cnc1N)C(=O)O. The molecule has 1 heterocycles. The minimum atomic E-state index is -1.36. The van der Waals surface area contributed by atoms with Crippen molar-refractivity contribution >= 4 is 29.5 Å². The molecular formula is C24H24N6O5. The largest absolute Gasteiger partial charge is 0.480 e. The molecule has 0 saturated carbocycles. The van der Waals surface area contributed by atoms with E-state index in [-0.39, 0.29) is 36.0 Å². The predicted molar refractivity (Wildman–Crippen MR) is 127 cm³/mol. The number of hydrogen-bond donors (Lipinski definition) is 5. The van der Waals surface area contributed by atoms with Crippen LogP contribution in [-0.4, -0.2) is 44.8 Å². The summed E-state index contributed by atoms with van der Waals surface area (Å²) in [6.07, 6.45) is 0.927. The summed E-state index contributed by atoms with van der Waals surface area (Å²) in [5.41, 5.74) is 12.7. The molecule has 0 bridgehead atoms. The van der Waals surface area contributed by atoms with E-state index in [9.17, 15) is 24.3 Å². The molecule has 1 aromatic heterocycles. The Labute approximate surface area is 200 Å². The first kappa shape index (κ1) is 24.8. The molecule has 0 radical (unpaired) electrons. The van der Waals surface area contributed by atoms with Gasteiger partial charge in [-0.3, -0.25) is 14.4 Å².